The third-order valence-electron chi connectivity index (χ3n) is 6.65. The summed E-state index contributed by atoms with van der Waals surface area (Å²) in [6, 6.07) is 13.9. The highest BCUT2D eigenvalue weighted by atomic mass is 16.5. The number of carboxylic acid groups (broad SMARTS) is 1. The Morgan fingerprint density at radius 2 is 1.69 bits per heavy atom. The molecule has 2 aromatic rings. The molecule has 0 saturated carbocycles. The maximum Gasteiger partial charge on any atom is 0.407 e. The van der Waals surface area contributed by atoms with Crippen LogP contribution in [-0.2, 0) is 14.3 Å². The molecule has 0 spiro atoms. The largest absolute Gasteiger partial charge is 0.480 e. The minimum Gasteiger partial charge on any atom is -0.480 e. The lowest BCUT2D eigenvalue weighted by atomic mass is 9.98. The van der Waals surface area contributed by atoms with Crippen molar-refractivity contribution < 1.29 is 29.3 Å². The first-order chi connectivity index (χ1) is 16.8. The number of nitrogens with zero attached hydrogens (tertiary/aromatic N) is 2. The molecule has 0 aromatic heterocycles. The van der Waals surface area contributed by atoms with E-state index in [1.165, 1.54) is 0 Å². The van der Waals surface area contributed by atoms with Crippen LogP contribution in [0, 0.1) is 0 Å². The number of carboxylic acids is 1. The Kier molecular flexibility index (Phi) is 7.37. The standard InChI is InChI=1S/C26H31N3O6/c1-28(2)12-11-22(24(31)29-14-16(30)13-23(29)25(32)33)27-26(34)35-15-21-19-9-5-3-7-17(19)18-8-4-6-10-20(18)21/h3-10,16,21-23,30H,11-15H2,1-2H3,(H,27,34)(H,32,33)/t16-,22?,23-/m1/s1. The third kappa shape index (κ3) is 5.31. The van der Waals surface area contributed by atoms with Crippen molar-refractivity contribution in [2.75, 3.05) is 33.8 Å². The fourth-order valence-electron chi connectivity index (χ4n) is 4.92. The predicted octanol–water partition coefficient (Wildman–Crippen LogP) is 1.89. The number of carbonyl (C=O) groups excluding carboxylic acids is 2. The number of rotatable bonds is 8. The summed E-state index contributed by atoms with van der Waals surface area (Å²) in [5, 5.41) is 22.1. The first-order valence-corrected chi connectivity index (χ1v) is 11.7. The van der Waals surface area contributed by atoms with E-state index in [2.05, 4.69) is 5.32 Å². The predicted molar refractivity (Wildman–Crippen MR) is 129 cm³/mol. The summed E-state index contributed by atoms with van der Waals surface area (Å²) < 4.78 is 5.59. The highest BCUT2D eigenvalue weighted by Crippen LogP contribution is 2.44. The maximum atomic E-state index is 13.2. The van der Waals surface area contributed by atoms with Gasteiger partial charge in [-0.3, -0.25) is 4.79 Å². The number of aliphatic hydroxyl groups excluding tert-OH is 1. The van der Waals surface area contributed by atoms with Gasteiger partial charge in [0.2, 0.25) is 5.91 Å². The van der Waals surface area contributed by atoms with Crippen molar-refractivity contribution in [1.82, 2.24) is 15.1 Å². The normalized spacial score (nSPS) is 19.8. The second kappa shape index (κ2) is 10.5. The average Bonchev–Trinajstić information content (AvgIpc) is 3.38. The van der Waals surface area contributed by atoms with Crippen LogP contribution in [0.5, 0.6) is 0 Å². The summed E-state index contributed by atoms with van der Waals surface area (Å²) in [6.07, 6.45) is -1.42. The summed E-state index contributed by atoms with van der Waals surface area (Å²) in [6.45, 7) is 0.517. The number of fused-ring (bicyclic) bond motifs is 3. The number of likely N-dealkylation sites (tertiary alicyclic amines) is 1. The van der Waals surface area contributed by atoms with Gasteiger partial charge < -0.3 is 30.1 Å². The molecule has 9 heteroatoms. The van der Waals surface area contributed by atoms with Crippen molar-refractivity contribution in [1.29, 1.82) is 0 Å². The zero-order valence-electron chi connectivity index (χ0n) is 19.9. The van der Waals surface area contributed by atoms with Crippen molar-refractivity contribution in [3.63, 3.8) is 0 Å². The van der Waals surface area contributed by atoms with Crippen molar-refractivity contribution in [3.05, 3.63) is 59.7 Å². The lowest BCUT2D eigenvalue weighted by Crippen LogP contribution is -2.52. The van der Waals surface area contributed by atoms with E-state index >= 15 is 0 Å². The molecule has 35 heavy (non-hydrogen) atoms. The number of hydrogen-bond donors (Lipinski definition) is 3. The van der Waals surface area contributed by atoms with Crippen molar-refractivity contribution in [2.45, 2.75) is 36.9 Å². The molecule has 3 atom stereocenters. The van der Waals surface area contributed by atoms with Crippen LogP contribution in [0.4, 0.5) is 4.79 Å². The molecule has 9 nitrogen and oxygen atoms in total. The molecular weight excluding hydrogens is 450 g/mol. The van der Waals surface area contributed by atoms with Crippen molar-refractivity contribution in [3.8, 4) is 11.1 Å². The Hall–Kier alpha value is -3.43. The molecule has 1 unspecified atom stereocenters. The van der Waals surface area contributed by atoms with E-state index in [4.69, 9.17) is 4.74 Å². The summed E-state index contributed by atoms with van der Waals surface area (Å²) in [7, 11) is 3.68. The summed E-state index contributed by atoms with van der Waals surface area (Å²) >= 11 is 0. The third-order valence-corrected chi connectivity index (χ3v) is 6.65. The Morgan fingerprint density at radius 3 is 2.26 bits per heavy atom. The first-order valence-electron chi connectivity index (χ1n) is 11.7. The molecule has 0 bridgehead atoms. The fraction of sp³-hybridized carbons (Fsp3) is 0.423. The number of amides is 2. The minimum absolute atomic E-state index is 0.0353. The monoisotopic (exact) mass is 481 g/mol. The molecule has 1 saturated heterocycles. The number of aliphatic carboxylic acids is 1. The molecule has 2 aromatic carbocycles. The Labute approximate surface area is 204 Å². The van der Waals surface area contributed by atoms with E-state index in [1.54, 1.807) is 0 Å². The van der Waals surface area contributed by atoms with Crippen LogP contribution >= 0.6 is 0 Å². The molecule has 186 valence electrons. The van der Waals surface area contributed by atoms with Gasteiger partial charge in [0.25, 0.3) is 0 Å². The number of β-amino-alcohol motifs (C(OH)–C–C–N with tert-alkyl or cyclic N) is 1. The molecule has 2 aliphatic rings. The molecule has 1 aliphatic heterocycles. The average molecular weight is 482 g/mol. The van der Waals surface area contributed by atoms with E-state index in [1.807, 2.05) is 67.5 Å². The quantitative estimate of drug-likeness (QED) is 0.527. The molecular formula is C26H31N3O6. The molecule has 1 fully saturated rings. The summed E-state index contributed by atoms with van der Waals surface area (Å²) in [5.74, 6) is -1.83. The van der Waals surface area contributed by atoms with E-state index in [0.29, 0.717) is 6.54 Å². The fourth-order valence-corrected chi connectivity index (χ4v) is 4.92. The Balaban J connectivity index is 1.45. The number of ether oxygens (including phenoxy) is 1. The van der Waals surface area contributed by atoms with Crippen LogP contribution in [-0.4, -0.2) is 90.0 Å². The minimum atomic E-state index is -1.18. The van der Waals surface area contributed by atoms with Gasteiger partial charge in [-0.2, -0.15) is 0 Å². The second-order valence-electron chi connectivity index (χ2n) is 9.35. The van der Waals surface area contributed by atoms with E-state index in [0.717, 1.165) is 27.2 Å². The number of hydrogen-bond acceptors (Lipinski definition) is 6. The van der Waals surface area contributed by atoms with Gasteiger partial charge in [-0.05, 0) is 49.3 Å². The van der Waals surface area contributed by atoms with Crippen molar-refractivity contribution >= 4 is 18.0 Å². The number of carbonyl (C=O) groups is 3. The van der Waals surface area contributed by atoms with Crippen molar-refractivity contribution in [2.24, 2.45) is 0 Å². The Morgan fingerprint density at radius 1 is 1.09 bits per heavy atom. The van der Waals surface area contributed by atoms with Crippen LogP contribution in [0.25, 0.3) is 11.1 Å². The van der Waals surface area contributed by atoms with Gasteiger partial charge in [-0.15, -0.1) is 0 Å². The van der Waals surface area contributed by atoms with Gasteiger partial charge in [0.15, 0.2) is 0 Å². The zero-order chi connectivity index (χ0) is 25.1. The SMILES string of the molecule is CN(C)CCC(NC(=O)OCC1c2ccccc2-c2ccccc21)C(=O)N1C[C@H](O)C[C@@H]1C(=O)O. The first kappa shape index (κ1) is 24.7. The highest BCUT2D eigenvalue weighted by Gasteiger charge is 2.41. The molecule has 2 amide bonds. The number of alkyl carbamates (subject to hydrolysis) is 1. The van der Waals surface area contributed by atoms with Crippen LogP contribution in [0.2, 0.25) is 0 Å². The lowest BCUT2D eigenvalue weighted by Gasteiger charge is -2.28. The van der Waals surface area contributed by atoms with Gasteiger partial charge >= 0.3 is 12.1 Å². The second-order valence-corrected chi connectivity index (χ2v) is 9.35. The van der Waals surface area contributed by atoms with Crippen LogP contribution in [0.3, 0.4) is 0 Å². The lowest BCUT2D eigenvalue weighted by molar-refractivity contribution is -0.149. The zero-order valence-corrected chi connectivity index (χ0v) is 19.9. The summed E-state index contributed by atoms with van der Waals surface area (Å²) in [4.78, 5) is 40.6. The number of benzene rings is 2. The van der Waals surface area contributed by atoms with Gasteiger partial charge in [0, 0.05) is 18.9 Å². The van der Waals surface area contributed by atoms with E-state index in [9.17, 15) is 24.6 Å². The maximum absolute atomic E-state index is 13.2. The smallest absolute Gasteiger partial charge is 0.407 e. The van der Waals surface area contributed by atoms with E-state index < -0.39 is 36.2 Å². The van der Waals surface area contributed by atoms with Gasteiger partial charge in [-0.25, -0.2) is 9.59 Å². The van der Waals surface area contributed by atoms with Crippen LogP contribution < -0.4 is 5.32 Å². The molecule has 1 aliphatic carbocycles. The van der Waals surface area contributed by atoms with Crippen LogP contribution in [0.1, 0.15) is 29.9 Å². The summed E-state index contributed by atoms with van der Waals surface area (Å²) in [5.41, 5.74) is 4.39. The molecule has 4 rings (SSSR count). The highest BCUT2D eigenvalue weighted by molar-refractivity contribution is 5.90. The topological polar surface area (TPSA) is 119 Å². The number of nitrogens with one attached hydrogen (secondary N) is 1. The van der Waals surface area contributed by atoms with E-state index in [-0.39, 0.29) is 31.9 Å². The number of aliphatic hydroxyl groups is 1. The van der Waals surface area contributed by atoms with Gasteiger partial charge in [0.05, 0.1) is 6.10 Å². The van der Waals surface area contributed by atoms with Gasteiger partial charge in [0.1, 0.15) is 18.7 Å². The Bertz CT molecular complexity index is 1060. The molecule has 0 radical (unpaired) electrons. The van der Waals surface area contributed by atoms with Crippen LogP contribution in [0.15, 0.2) is 48.5 Å². The molecule has 1 heterocycles. The molecule has 3 N–H and O–H groups in total. The van der Waals surface area contributed by atoms with Gasteiger partial charge in [-0.1, -0.05) is 48.5 Å².